The number of hydrogen-bond acceptors (Lipinski definition) is 3. The van der Waals surface area contributed by atoms with Crippen LogP contribution < -0.4 is 15.6 Å². The number of para-hydroxylation sites is 1. The summed E-state index contributed by atoms with van der Waals surface area (Å²) in [5.41, 5.74) is 5.67. The van der Waals surface area contributed by atoms with Crippen molar-refractivity contribution >= 4 is 11.8 Å². The van der Waals surface area contributed by atoms with E-state index in [9.17, 15) is 14.0 Å². The number of hydrogen-bond donors (Lipinski definition) is 2. The molecule has 0 saturated carbocycles. The summed E-state index contributed by atoms with van der Waals surface area (Å²) in [6.07, 6.45) is 0.523. The minimum Gasteiger partial charge on any atom is -0.478 e. The average molecular weight is 358 g/mol. The van der Waals surface area contributed by atoms with Crippen LogP contribution in [0.15, 0.2) is 54.6 Å². The molecule has 2 N–H and O–H groups in total. The normalized spacial score (nSPS) is 12.7. The molecule has 0 spiro atoms. The van der Waals surface area contributed by atoms with Gasteiger partial charge in [-0.3, -0.25) is 20.4 Å². The number of carbonyl (C=O) groups excluding carboxylic acids is 2. The van der Waals surface area contributed by atoms with Crippen molar-refractivity contribution in [1.29, 1.82) is 0 Å². The van der Waals surface area contributed by atoms with E-state index in [1.807, 2.05) is 37.3 Å². The highest BCUT2D eigenvalue weighted by Crippen LogP contribution is 2.21. The van der Waals surface area contributed by atoms with Crippen molar-refractivity contribution in [2.45, 2.75) is 38.7 Å². The molecule has 0 saturated heterocycles. The van der Waals surface area contributed by atoms with Crippen molar-refractivity contribution in [2.75, 3.05) is 0 Å². The first kappa shape index (κ1) is 19.4. The largest absolute Gasteiger partial charge is 0.478 e. The van der Waals surface area contributed by atoms with Gasteiger partial charge in [-0.15, -0.1) is 0 Å². The maximum Gasteiger partial charge on any atom is 0.279 e. The summed E-state index contributed by atoms with van der Waals surface area (Å²) in [6, 6.07) is 15.2. The topological polar surface area (TPSA) is 67.4 Å². The molecule has 26 heavy (non-hydrogen) atoms. The van der Waals surface area contributed by atoms with Crippen LogP contribution in [0.25, 0.3) is 0 Å². The molecule has 0 fully saturated rings. The summed E-state index contributed by atoms with van der Waals surface area (Å²) in [5.74, 6) is -1.79. The van der Waals surface area contributed by atoms with Gasteiger partial charge >= 0.3 is 0 Å². The van der Waals surface area contributed by atoms with Gasteiger partial charge in [0.15, 0.2) is 17.7 Å². The summed E-state index contributed by atoms with van der Waals surface area (Å²) >= 11 is 0. The number of benzene rings is 2. The van der Waals surface area contributed by atoms with Crippen LogP contribution in [0.5, 0.6) is 5.75 Å². The molecule has 2 atom stereocenters. The Labute approximate surface area is 152 Å². The van der Waals surface area contributed by atoms with Crippen LogP contribution in [-0.4, -0.2) is 17.9 Å². The third-order valence-corrected chi connectivity index (χ3v) is 3.91. The van der Waals surface area contributed by atoms with Gasteiger partial charge in [0.05, 0.1) is 5.92 Å². The second kappa shape index (κ2) is 9.56. The van der Waals surface area contributed by atoms with Crippen molar-refractivity contribution in [3.05, 3.63) is 66.0 Å². The first-order valence-electron chi connectivity index (χ1n) is 8.58. The minimum atomic E-state index is -0.964. The highest BCUT2D eigenvalue weighted by atomic mass is 19.1. The molecule has 6 heteroatoms. The van der Waals surface area contributed by atoms with E-state index in [1.165, 1.54) is 25.1 Å². The monoisotopic (exact) mass is 358 g/mol. The lowest BCUT2D eigenvalue weighted by molar-refractivity contribution is -0.133. The first-order valence-corrected chi connectivity index (χ1v) is 8.58. The standard InChI is InChI=1S/C20H23FN2O3/c1-3-9-16(15-10-5-4-6-11-15)20(25)23-22-19(24)14(2)26-18-13-8-7-12-17(18)21/h4-8,10-14,16H,3,9H2,1-2H3,(H,22,24)(H,23,25). The fourth-order valence-corrected chi connectivity index (χ4v) is 2.52. The van der Waals surface area contributed by atoms with E-state index in [0.717, 1.165) is 12.0 Å². The highest BCUT2D eigenvalue weighted by molar-refractivity contribution is 5.87. The molecule has 0 aliphatic carbocycles. The maximum atomic E-state index is 13.6. The molecule has 0 aromatic heterocycles. The zero-order valence-electron chi connectivity index (χ0n) is 14.9. The van der Waals surface area contributed by atoms with Gasteiger partial charge < -0.3 is 4.74 Å². The highest BCUT2D eigenvalue weighted by Gasteiger charge is 2.22. The van der Waals surface area contributed by atoms with Gasteiger partial charge in [-0.25, -0.2) is 4.39 Å². The zero-order chi connectivity index (χ0) is 18.9. The predicted octanol–water partition coefficient (Wildman–Crippen LogP) is 3.32. The SMILES string of the molecule is CCCC(C(=O)NNC(=O)C(C)Oc1ccccc1F)c1ccccc1. The number of ether oxygens (including phenoxy) is 1. The lowest BCUT2D eigenvalue weighted by atomic mass is 9.94. The van der Waals surface area contributed by atoms with Crippen LogP contribution in [0.2, 0.25) is 0 Å². The third kappa shape index (κ3) is 5.31. The smallest absolute Gasteiger partial charge is 0.279 e. The van der Waals surface area contributed by atoms with Crippen molar-refractivity contribution < 1.29 is 18.7 Å². The summed E-state index contributed by atoms with van der Waals surface area (Å²) in [4.78, 5) is 24.6. The van der Waals surface area contributed by atoms with E-state index in [1.54, 1.807) is 6.07 Å². The molecule has 2 amide bonds. The van der Waals surface area contributed by atoms with Crippen molar-refractivity contribution in [3.8, 4) is 5.75 Å². The quantitative estimate of drug-likeness (QED) is 0.746. The van der Waals surface area contributed by atoms with E-state index in [0.29, 0.717) is 6.42 Å². The molecule has 138 valence electrons. The maximum absolute atomic E-state index is 13.6. The first-order chi connectivity index (χ1) is 12.5. The molecule has 2 rings (SSSR count). The Morgan fingerprint density at radius 3 is 2.27 bits per heavy atom. The summed E-state index contributed by atoms with van der Waals surface area (Å²) in [5, 5.41) is 0. The van der Waals surface area contributed by atoms with Crippen LogP contribution in [0.3, 0.4) is 0 Å². The Hall–Kier alpha value is -2.89. The van der Waals surface area contributed by atoms with Crippen LogP contribution in [-0.2, 0) is 9.59 Å². The zero-order valence-corrected chi connectivity index (χ0v) is 14.9. The molecule has 2 aromatic rings. The van der Waals surface area contributed by atoms with Gasteiger partial charge in [0, 0.05) is 0 Å². The molecule has 2 aromatic carbocycles. The summed E-state index contributed by atoms with van der Waals surface area (Å²) in [7, 11) is 0. The lowest BCUT2D eigenvalue weighted by Crippen LogP contribution is -2.48. The fraction of sp³-hybridized carbons (Fsp3) is 0.300. The number of nitrogens with one attached hydrogen (secondary N) is 2. The van der Waals surface area contributed by atoms with Gasteiger partial charge in [0.25, 0.3) is 5.91 Å². The summed E-state index contributed by atoms with van der Waals surface area (Å²) < 4.78 is 18.9. The summed E-state index contributed by atoms with van der Waals surface area (Å²) in [6.45, 7) is 3.47. The van der Waals surface area contributed by atoms with Gasteiger partial charge in [0.2, 0.25) is 5.91 Å². The Balaban J connectivity index is 1.92. The average Bonchev–Trinajstić information content (AvgIpc) is 2.66. The molecule has 5 nitrogen and oxygen atoms in total. The number of rotatable bonds is 7. The van der Waals surface area contributed by atoms with Gasteiger partial charge in [-0.2, -0.15) is 0 Å². The molecule has 2 unspecified atom stereocenters. The Kier molecular flexibility index (Phi) is 7.14. The minimum absolute atomic E-state index is 0.0189. The Bertz CT molecular complexity index is 737. The van der Waals surface area contributed by atoms with E-state index in [-0.39, 0.29) is 17.6 Å². The van der Waals surface area contributed by atoms with Crippen molar-refractivity contribution in [1.82, 2.24) is 10.9 Å². The van der Waals surface area contributed by atoms with E-state index in [2.05, 4.69) is 10.9 Å². The number of halogens is 1. The van der Waals surface area contributed by atoms with Crippen molar-refractivity contribution in [3.63, 3.8) is 0 Å². The van der Waals surface area contributed by atoms with Gasteiger partial charge in [-0.05, 0) is 31.0 Å². The van der Waals surface area contributed by atoms with Gasteiger partial charge in [0.1, 0.15) is 0 Å². The van der Waals surface area contributed by atoms with E-state index in [4.69, 9.17) is 4.74 Å². The molecular weight excluding hydrogens is 335 g/mol. The Morgan fingerprint density at radius 1 is 1.00 bits per heavy atom. The second-order valence-corrected chi connectivity index (χ2v) is 5.92. The van der Waals surface area contributed by atoms with Crippen LogP contribution in [0.4, 0.5) is 4.39 Å². The Morgan fingerprint density at radius 2 is 1.62 bits per heavy atom. The van der Waals surface area contributed by atoms with Crippen LogP contribution in [0, 0.1) is 5.82 Å². The fourth-order valence-electron chi connectivity index (χ4n) is 2.52. The third-order valence-electron chi connectivity index (χ3n) is 3.91. The number of carbonyl (C=O) groups is 2. The predicted molar refractivity (Wildman–Crippen MR) is 96.9 cm³/mol. The van der Waals surface area contributed by atoms with Gasteiger partial charge in [-0.1, -0.05) is 55.8 Å². The van der Waals surface area contributed by atoms with E-state index >= 15 is 0 Å². The molecular formula is C20H23FN2O3. The van der Waals surface area contributed by atoms with Crippen LogP contribution >= 0.6 is 0 Å². The molecule has 0 bridgehead atoms. The van der Waals surface area contributed by atoms with E-state index < -0.39 is 17.8 Å². The number of hydrazine groups is 1. The number of amides is 2. The molecule has 0 radical (unpaired) electrons. The van der Waals surface area contributed by atoms with Crippen LogP contribution in [0.1, 0.15) is 38.2 Å². The van der Waals surface area contributed by atoms with Crippen molar-refractivity contribution in [2.24, 2.45) is 0 Å². The molecule has 0 aliphatic heterocycles. The molecule has 0 aliphatic rings. The lowest BCUT2D eigenvalue weighted by Gasteiger charge is -2.19. The second-order valence-electron chi connectivity index (χ2n) is 5.92. The molecule has 0 heterocycles.